The quantitative estimate of drug-likeness (QED) is 0.787. The molecule has 0 bridgehead atoms. The maximum absolute atomic E-state index is 12.4. The van der Waals surface area contributed by atoms with Crippen LogP contribution in [0.25, 0.3) is 0 Å². The van der Waals surface area contributed by atoms with Crippen LogP contribution in [0.4, 0.5) is 0 Å². The number of aromatic nitrogens is 3. The fourth-order valence-electron chi connectivity index (χ4n) is 1.83. The molecule has 0 saturated carbocycles. The summed E-state index contributed by atoms with van der Waals surface area (Å²) in [7, 11) is -2.01. The zero-order valence-corrected chi connectivity index (χ0v) is 12.9. The molecule has 2 rings (SSSR count). The molecule has 0 atom stereocenters. The highest BCUT2D eigenvalue weighted by Crippen LogP contribution is 2.16. The summed E-state index contributed by atoms with van der Waals surface area (Å²) < 4.78 is 26.1. The number of rotatable bonds is 7. The molecule has 0 saturated heterocycles. The first kappa shape index (κ1) is 15.6. The Balaban J connectivity index is 2.11. The fourth-order valence-corrected chi connectivity index (χ4v) is 2.96. The lowest BCUT2D eigenvalue weighted by molar-refractivity contribution is 0.457. The van der Waals surface area contributed by atoms with Gasteiger partial charge in [-0.2, -0.15) is 9.40 Å². The van der Waals surface area contributed by atoms with Crippen molar-refractivity contribution in [3.63, 3.8) is 0 Å². The van der Waals surface area contributed by atoms with Crippen LogP contribution < -0.4 is 5.32 Å². The second kappa shape index (κ2) is 6.79. The van der Waals surface area contributed by atoms with Crippen LogP contribution in [-0.2, 0) is 23.1 Å². The molecule has 0 aliphatic rings. The summed E-state index contributed by atoms with van der Waals surface area (Å²) >= 11 is 0. The third kappa shape index (κ3) is 3.87. The van der Waals surface area contributed by atoms with E-state index in [9.17, 15) is 8.42 Å². The molecule has 7 nitrogen and oxygen atoms in total. The monoisotopic (exact) mass is 309 g/mol. The lowest BCUT2D eigenvalue weighted by Gasteiger charge is -2.16. The Kier molecular flexibility index (Phi) is 5.05. The van der Waals surface area contributed by atoms with Gasteiger partial charge in [0.05, 0.1) is 11.4 Å². The number of H-pyrrole nitrogens is 1. The van der Waals surface area contributed by atoms with E-state index >= 15 is 0 Å². The van der Waals surface area contributed by atoms with Gasteiger partial charge >= 0.3 is 0 Å². The van der Waals surface area contributed by atoms with Crippen LogP contribution in [0.2, 0.25) is 0 Å². The molecule has 1 aromatic heterocycles. The predicted molar refractivity (Wildman–Crippen MR) is 78.9 cm³/mol. The first-order valence-corrected chi connectivity index (χ1v) is 8.08. The molecular formula is C13H19N5O2S. The van der Waals surface area contributed by atoms with Crippen LogP contribution in [0.1, 0.15) is 18.3 Å². The Morgan fingerprint density at radius 3 is 2.57 bits per heavy atom. The lowest BCUT2D eigenvalue weighted by Crippen LogP contribution is -2.27. The number of hydrogen-bond donors (Lipinski definition) is 2. The first-order valence-electron chi connectivity index (χ1n) is 6.64. The molecule has 2 N–H and O–H groups in total. The minimum absolute atomic E-state index is 0.154. The minimum Gasteiger partial charge on any atom is -0.313 e. The van der Waals surface area contributed by atoms with Crippen LogP contribution in [0.5, 0.6) is 0 Å². The molecule has 0 aliphatic heterocycles. The topological polar surface area (TPSA) is 91.0 Å². The van der Waals surface area contributed by atoms with Crippen molar-refractivity contribution in [3.05, 3.63) is 42.0 Å². The number of nitrogens with zero attached hydrogens (tertiary/aromatic N) is 3. The SMILES string of the molecule is CCNCc1ccc(S(=O)(=O)N(C)Cc2ncn[nH]2)cc1. The molecular weight excluding hydrogens is 290 g/mol. The Morgan fingerprint density at radius 1 is 1.29 bits per heavy atom. The van der Waals surface area contributed by atoms with Crippen molar-refractivity contribution in [2.45, 2.75) is 24.9 Å². The van der Waals surface area contributed by atoms with E-state index in [0.29, 0.717) is 5.82 Å². The number of sulfonamides is 1. The van der Waals surface area contributed by atoms with Crippen LogP contribution >= 0.6 is 0 Å². The lowest BCUT2D eigenvalue weighted by atomic mass is 10.2. The van der Waals surface area contributed by atoms with Crippen molar-refractivity contribution in [2.24, 2.45) is 0 Å². The maximum atomic E-state index is 12.4. The van der Waals surface area contributed by atoms with E-state index in [2.05, 4.69) is 20.5 Å². The third-order valence-corrected chi connectivity index (χ3v) is 4.87. The summed E-state index contributed by atoms with van der Waals surface area (Å²) in [5.74, 6) is 0.504. The van der Waals surface area contributed by atoms with Gasteiger partial charge < -0.3 is 5.32 Å². The van der Waals surface area contributed by atoms with Crippen molar-refractivity contribution < 1.29 is 8.42 Å². The zero-order valence-electron chi connectivity index (χ0n) is 12.1. The van der Waals surface area contributed by atoms with Gasteiger partial charge in [0, 0.05) is 13.6 Å². The van der Waals surface area contributed by atoms with E-state index in [0.717, 1.165) is 18.7 Å². The van der Waals surface area contributed by atoms with E-state index < -0.39 is 10.0 Å². The minimum atomic E-state index is -3.53. The Morgan fingerprint density at radius 2 is 2.00 bits per heavy atom. The molecule has 0 unspecified atom stereocenters. The molecule has 0 aliphatic carbocycles. The van der Waals surface area contributed by atoms with E-state index in [1.807, 2.05) is 19.1 Å². The molecule has 1 aromatic carbocycles. The molecule has 1 heterocycles. The Labute approximate surface area is 124 Å². The van der Waals surface area contributed by atoms with Crippen molar-refractivity contribution in [2.75, 3.05) is 13.6 Å². The van der Waals surface area contributed by atoms with Gasteiger partial charge in [0.1, 0.15) is 12.2 Å². The van der Waals surface area contributed by atoms with Crippen LogP contribution in [0, 0.1) is 0 Å². The van der Waals surface area contributed by atoms with Gasteiger partial charge in [0.2, 0.25) is 10.0 Å². The molecule has 0 radical (unpaired) electrons. The molecule has 0 amide bonds. The summed E-state index contributed by atoms with van der Waals surface area (Å²) in [5.41, 5.74) is 1.05. The summed E-state index contributed by atoms with van der Waals surface area (Å²) in [5, 5.41) is 9.55. The summed E-state index contributed by atoms with van der Waals surface area (Å²) in [6, 6.07) is 6.88. The molecule has 21 heavy (non-hydrogen) atoms. The molecule has 0 fully saturated rings. The summed E-state index contributed by atoms with van der Waals surface area (Å²) in [6.07, 6.45) is 1.35. The normalized spacial score (nSPS) is 12.0. The molecule has 114 valence electrons. The number of hydrogen-bond acceptors (Lipinski definition) is 5. The Hall–Kier alpha value is -1.77. The van der Waals surface area contributed by atoms with Gasteiger partial charge in [-0.05, 0) is 24.2 Å². The van der Waals surface area contributed by atoms with Crippen molar-refractivity contribution in [1.29, 1.82) is 0 Å². The van der Waals surface area contributed by atoms with Crippen molar-refractivity contribution in [3.8, 4) is 0 Å². The van der Waals surface area contributed by atoms with Gasteiger partial charge in [0.15, 0.2) is 0 Å². The van der Waals surface area contributed by atoms with E-state index in [-0.39, 0.29) is 11.4 Å². The van der Waals surface area contributed by atoms with E-state index in [4.69, 9.17) is 0 Å². The van der Waals surface area contributed by atoms with Crippen LogP contribution in [0.3, 0.4) is 0 Å². The highest BCUT2D eigenvalue weighted by Gasteiger charge is 2.21. The average molecular weight is 309 g/mol. The smallest absolute Gasteiger partial charge is 0.243 e. The Bertz CT molecular complexity index is 652. The largest absolute Gasteiger partial charge is 0.313 e. The standard InChI is InChI=1S/C13H19N5O2S/c1-3-14-8-11-4-6-12(7-5-11)21(19,20)18(2)9-13-15-10-16-17-13/h4-7,10,14H,3,8-9H2,1-2H3,(H,15,16,17). The highest BCUT2D eigenvalue weighted by molar-refractivity contribution is 7.89. The van der Waals surface area contributed by atoms with Crippen LogP contribution in [-0.4, -0.2) is 41.5 Å². The zero-order chi connectivity index (χ0) is 15.3. The summed E-state index contributed by atoms with van der Waals surface area (Å²) in [4.78, 5) is 4.20. The number of aromatic amines is 1. The van der Waals surface area contributed by atoms with Crippen LogP contribution in [0.15, 0.2) is 35.5 Å². The maximum Gasteiger partial charge on any atom is 0.243 e. The second-order valence-corrected chi connectivity index (χ2v) is 6.66. The van der Waals surface area contributed by atoms with E-state index in [1.54, 1.807) is 12.1 Å². The number of nitrogens with one attached hydrogen (secondary N) is 2. The van der Waals surface area contributed by atoms with Crippen molar-refractivity contribution >= 4 is 10.0 Å². The highest BCUT2D eigenvalue weighted by atomic mass is 32.2. The van der Waals surface area contributed by atoms with Gasteiger partial charge in [-0.3, -0.25) is 5.10 Å². The third-order valence-electron chi connectivity index (χ3n) is 3.05. The van der Waals surface area contributed by atoms with Crippen molar-refractivity contribution in [1.82, 2.24) is 24.8 Å². The van der Waals surface area contributed by atoms with Gasteiger partial charge in [-0.1, -0.05) is 19.1 Å². The first-order chi connectivity index (χ1) is 10.0. The van der Waals surface area contributed by atoms with Gasteiger partial charge in [-0.15, -0.1) is 0 Å². The van der Waals surface area contributed by atoms with E-state index in [1.165, 1.54) is 17.7 Å². The number of benzene rings is 1. The fraction of sp³-hybridized carbons (Fsp3) is 0.385. The second-order valence-electron chi connectivity index (χ2n) is 4.62. The predicted octanol–water partition coefficient (Wildman–Crippen LogP) is 0.735. The summed E-state index contributed by atoms with van der Waals surface area (Å²) in [6.45, 7) is 3.78. The molecule has 0 spiro atoms. The van der Waals surface area contributed by atoms with Gasteiger partial charge in [-0.25, -0.2) is 13.4 Å². The molecule has 8 heteroatoms. The average Bonchev–Trinajstić information content (AvgIpc) is 2.98. The molecule has 2 aromatic rings. The van der Waals surface area contributed by atoms with Gasteiger partial charge in [0.25, 0.3) is 0 Å².